The van der Waals surface area contributed by atoms with Crippen molar-refractivity contribution in [1.29, 1.82) is 0 Å². The van der Waals surface area contributed by atoms with Crippen LogP contribution in [-0.4, -0.2) is 28.3 Å². The van der Waals surface area contributed by atoms with Gasteiger partial charge in [-0.15, -0.1) is 0 Å². The second-order valence-corrected chi connectivity index (χ2v) is 10.4. The Hall–Kier alpha value is -3.06. The van der Waals surface area contributed by atoms with E-state index in [-0.39, 0.29) is 22.6 Å². The molecule has 1 fully saturated rings. The van der Waals surface area contributed by atoms with Crippen molar-refractivity contribution in [2.24, 2.45) is 0 Å². The highest BCUT2D eigenvalue weighted by atomic mass is 32.2. The number of carbonyl (C=O) groups excluding carboxylic acids is 1. The van der Waals surface area contributed by atoms with Crippen LogP contribution in [0.5, 0.6) is 5.75 Å². The molecule has 0 unspecified atom stereocenters. The van der Waals surface area contributed by atoms with Gasteiger partial charge in [0, 0.05) is 29.3 Å². The molecule has 1 spiro atoms. The molecule has 5 rings (SSSR count). The van der Waals surface area contributed by atoms with Crippen LogP contribution in [0.3, 0.4) is 0 Å². The average molecular weight is 490 g/mol. The van der Waals surface area contributed by atoms with E-state index in [1.54, 1.807) is 17.7 Å². The molecular formula is C28H31N3O3S. The number of rotatable bonds is 6. The van der Waals surface area contributed by atoms with Gasteiger partial charge >= 0.3 is 0 Å². The Morgan fingerprint density at radius 1 is 1.14 bits per heavy atom. The smallest absolute Gasteiger partial charge is 0.258 e. The molecule has 1 saturated carbocycles. The maximum absolute atomic E-state index is 14.0. The van der Waals surface area contributed by atoms with E-state index in [1.165, 1.54) is 23.7 Å². The molecule has 0 aliphatic heterocycles. The lowest BCUT2D eigenvalue weighted by molar-refractivity contribution is -0.113. The average Bonchev–Trinajstić information content (AvgIpc) is 2.88. The molecule has 1 N–H and O–H groups in total. The number of anilines is 1. The van der Waals surface area contributed by atoms with Crippen LogP contribution in [0.4, 0.5) is 5.69 Å². The number of ether oxygens (including phenoxy) is 1. The van der Waals surface area contributed by atoms with E-state index in [4.69, 9.17) is 9.72 Å². The van der Waals surface area contributed by atoms with Crippen LogP contribution in [0.2, 0.25) is 0 Å². The highest BCUT2D eigenvalue weighted by Gasteiger charge is 2.43. The van der Waals surface area contributed by atoms with Gasteiger partial charge in [0.1, 0.15) is 5.75 Å². The molecule has 2 aliphatic carbocycles. The summed E-state index contributed by atoms with van der Waals surface area (Å²) in [7, 11) is 1.60. The van der Waals surface area contributed by atoms with E-state index in [1.807, 2.05) is 31.2 Å². The molecule has 2 aromatic carbocycles. The van der Waals surface area contributed by atoms with Crippen molar-refractivity contribution < 1.29 is 9.53 Å². The van der Waals surface area contributed by atoms with Gasteiger partial charge in [-0.3, -0.25) is 14.2 Å². The standard InChI is InChI=1S/C28H31N3O3S/c1-3-31-26(33)24-25(22-13-6-5-10-19(22)17-28(24)14-7-4-8-15-28)30-27(31)35-18-23(32)29-20-11-9-12-21(16-20)34-2/h5-6,9-13,16H,3-4,7-8,14-15,17-18H2,1-2H3,(H,29,32). The van der Waals surface area contributed by atoms with Gasteiger partial charge in [-0.1, -0.05) is 61.4 Å². The third-order valence-corrected chi connectivity index (χ3v) is 8.25. The number of hydrogen-bond acceptors (Lipinski definition) is 5. The SMILES string of the molecule is CCn1c(SCC(=O)Nc2cccc(OC)c2)nc2c(c1=O)C1(CCCCC1)Cc1ccccc1-2. The van der Waals surface area contributed by atoms with Crippen molar-refractivity contribution in [2.75, 3.05) is 18.2 Å². The normalized spacial score (nSPS) is 15.8. The predicted octanol–water partition coefficient (Wildman–Crippen LogP) is 5.43. The van der Waals surface area contributed by atoms with E-state index in [2.05, 4.69) is 23.5 Å². The van der Waals surface area contributed by atoms with E-state index >= 15 is 0 Å². The number of nitrogens with zero attached hydrogens (tertiary/aromatic N) is 2. The van der Waals surface area contributed by atoms with Gasteiger partial charge in [0.15, 0.2) is 5.16 Å². The number of aromatic nitrogens is 2. The first-order valence-corrected chi connectivity index (χ1v) is 13.3. The van der Waals surface area contributed by atoms with Crippen LogP contribution in [0, 0.1) is 0 Å². The van der Waals surface area contributed by atoms with Crippen LogP contribution in [-0.2, 0) is 23.2 Å². The fourth-order valence-electron chi connectivity index (χ4n) is 5.64. The summed E-state index contributed by atoms with van der Waals surface area (Å²) < 4.78 is 6.99. The minimum Gasteiger partial charge on any atom is -0.497 e. The molecule has 1 amide bonds. The number of hydrogen-bond donors (Lipinski definition) is 1. The molecule has 0 atom stereocenters. The number of nitrogens with one attached hydrogen (secondary N) is 1. The Balaban J connectivity index is 1.48. The van der Waals surface area contributed by atoms with Crippen molar-refractivity contribution in [1.82, 2.24) is 9.55 Å². The summed E-state index contributed by atoms with van der Waals surface area (Å²) in [6.45, 7) is 2.50. The van der Waals surface area contributed by atoms with Gasteiger partial charge in [-0.2, -0.15) is 0 Å². The van der Waals surface area contributed by atoms with Crippen molar-refractivity contribution in [2.45, 2.75) is 62.6 Å². The highest BCUT2D eigenvalue weighted by molar-refractivity contribution is 7.99. The van der Waals surface area contributed by atoms with E-state index in [0.717, 1.165) is 48.9 Å². The molecule has 6 nitrogen and oxygen atoms in total. The minimum atomic E-state index is -0.151. The number of carbonyl (C=O) groups is 1. The molecular weight excluding hydrogens is 458 g/mol. The molecule has 2 aliphatic rings. The maximum atomic E-state index is 14.0. The number of benzene rings is 2. The van der Waals surface area contributed by atoms with Crippen molar-refractivity contribution >= 4 is 23.4 Å². The van der Waals surface area contributed by atoms with Gasteiger partial charge in [0.05, 0.1) is 24.1 Å². The Kier molecular flexibility index (Phi) is 6.69. The molecule has 0 saturated heterocycles. The van der Waals surface area contributed by atoms with Gasteiger partial charge < -0.3 is 10.1 Å². The zero-order chi connectivity index (χ0) is 24.4. The number of fused-ring (bicyclic) bond motifs is 4. The van der Waals surface area contributed by atoms with Crippen molar-refractivity contribution in [3.63, 3.8) is 0 Å². The minimum absolute atomic E-state index is 0.0598. The Morgan fingerprint density at radius 2 is 1.94 bits per heavy atom. The number of amides is 1. The van der Waals surface area contributed by atoms with Crippen LogP contribution in [0.15, 0.2) is 58.5 Å². The van der Waals surface area contributed by atoms with Crippen LogP contribution in [0.25, 0.3) is 11.3 Å². The molecule has 3 aromatic rings. The van der Waals surface area contributed by atoms with E-state index < -0.39 is 0 Å². The summed E-state index contributed by atoms with van der Waals surface area (Å²) in [6.07, 6.45) is 6.49. The molecule has 0 radical (unpaired) electrons. The third kappa shape index (κ3) is 4.49. The van der Waals surface area contributed by atoms with Gasteiger partial charge in [0.2, 0.25) is 5.91 Å². The topological polar surface area (TPSA) is 73.2 Å². The van der Waals surface area contributed by atoms with Gasteiger partial charge in [-0.05, 0) is 43.9 Å². The van der Waals surface area contributed by atoms with Crippen LogP contribution in [0.1, 0.15) is 50.2 Å². The summed E-state index contributed by atoms with van der Waals surface area (Å²) in [5.41, 5.74) is 4.65. The molecule has 1 heterocycles. The van der Waals surface area contributed by atoms with Gasteiger partial charge in [0.25, 0.3) is 5.56 Å². The van der Waals surface area contributed by atoms with Crippen molar-refractivity contribution in [3.05, 3.63) is 70.0 Å². The van der Waals surface area contributed by atoms with Gasteiger partial charge in [-0.25, -0.2) is 4.98 Å². The maximum Gasteiger partial charge on any atom is 0.258 e. The third-order valence-electron chi connectivity index (χ3n) is 7.28. The molecule has 35 heavy (non-hydrogen) atoms. The zero-order valence-corrected chi connectivity index (χ0v) is 21.1. The first-order chi connectivity index (χ1) is 17.0. The fraction of sp³-hybridized carbons (Fsp3) is 0.393. The van der Waals surface area contributed by atoms with Crippen LogP contribution >= 0.6 is 11.8 Å². The second-order valence-electron chi connectivity index (χ2n) is 9.41. The Bertz CT molecular complexity index is 1310. The lowest BCUT2D eigenvalue weighted by atomic mass is 9.62. The van der Waals surface area contributed by atoms with Crippen LogP contribution < -0.4 is 15.6 Å². The molecule has 182 valence electrons. The summed E-state index contributed by atoms with van der Waals surface area (Å²) >= 11 is 1.31. The molecule has 1 aromatic heterocycles. The Morgan fingerprint density at radius 3 is 2.71 bits per heavy atom. The lowest BCUT2D eigenvalue weighted by Gasteiger charge is -2.42. The van der Waals surface area contributed by atoms with E-state index in [9.17, 15) is 9.59 Å². The first kappa shape index (κ1) is 23.7. The zero-order valence-electron chi connectivity index (χ0n) is 20.3. The fourth-order valence-corrected chi connectivity index (χ4v) is 6.49. The first-order valence-electron chi connectivity index (χ1n) is 12.3. The van der Waals surface area contributed by atoms with Crippen molar-refractivity contribution in [3.8, 4) is 17.0 Å². The summed E-state index contributed by atoms with van der Waals surface area (Å²) in [5.74, 6) is 0.693. The molecule has 0 bridgehead atoms. The second kappa shape index (κ2) is 9.90. The van der Waals surface area contributed by atoms with E-state index in [0.29, 0.717) is 23.1 Å². The summed E-state index contributed by atoms with van der Waals surface area (Å²) in [6, 6.07) is 15.6. The molecule has 7 heteroatoms. The largest absolute Gasteiger partial charge is 0.497 e. The predicted molar refractivity (Wildman–Crippen MR) is 140 cm³/mol. The quantitative estimate of drug-likeness (QED) is 0.369. The lowest BCUT2D eigenvalue weighted by Crippen LogP contribution is -2.43. The summed E-state index contributed by atoms with van der Waals surface area (Å²) in [5, 5.41) is 3.51. The number of thioether (sulfide) groups is 1. The monoisotopic (exact) mass is 489 g/mol. The summed E-state index contributed by atoms with van der Waals surface area (Å²) in [4.78, 5) is 31.7. The Labute approximate surface area is 210 Å². The number of methoxy groups -OCH3 is 1. The highest BCUT2D eigenvalue weighted by Crippen LogP contribution is 2.48.